The third-order valence-electron chi connectivity index (χ3n) is 6.18. The molecule has 0 aromatic rings. The largest absolute Gasteiger partial charge is 0.370 e. The van der Waals surface area contributed by atoms with Gasteiger partial charge in [0.1, 0.15) is 0 Å². The zero-order chi connectivity index (χ0) is 16.3. The summed E-state index contributed by atoms with van der Waals surface area (Å²) in [6.45, 7) is 1.98. The zero-order valence-corrected chi connectivity index (χ0v) is 15.3. The summed E-state index contributed by atoms with van der Waals surface area (Å²) in [5, 5.41) is 0. The minimum atomic E-state index is 0.146. The summed E-state index contributed by atoms with van der Waals surface area (Å²) in [4.78, 5) is 1.14. The quantitative estimate of drug-likeness (QED) is 0.591. The second-order valence-electron chi connectivity index (χ2n) is 7.70. The maximum Gasteiger partial charge on any atom is 0.0884 e. The van der Waals surface area contributed by atoms with Gasteiger partial charge in [-0.05, 0) is 64.2 Å². The highest BCUT2D eigenvalue weighted by Crippen LogP contribution is 2.48. The molecule has 2 atom stereocenters. The lowest BCUT2D eigenvalue weighted by Crippen LogP contribution is -2.41. The second kappa shape index (κ2) is 7.64. The standard InChI is InChI=1S/C20H31NOS/c1-2-11-20(12-9-16(21)10-13-20)15-7-8-19(23)18(14-15)22-17-5-3-4-6-17/h8,15-18,23H,3-7,9-10,12-14,21H2,1H3. The number of hydrogen-bond acceptors (Lipinski definition) is 3. The van der Waals surface area contributed by atoms with Crippen LogP contribution in [-0.2, 0) is 4.74 Å². The first-order valence-corrected chi connectivity index (χ1v) is 9.81. The van der Waals surface area contributed by atoms with Gasteiger partial charge in [-0.2, -0.15) is 0 Å². The molecule has 2 fully saturated rings. The van der Waals surface area contributed by atoms with Crippen LogP contribution in [0.3, 0.4) is 0 Å². The Morgan fingerprint density at radius 2 is 1.91 bits per heavy atom. The van der Waals surface area contributed by atoms with E-state index in [0.717, 1.165) is 43.4 Å². The minimum absolute atomic E-state index is 0.146. The Labute approximate surface area is 147 Å². The van der Waals surface area contributed by atoms with Crippen molar-refractivity contribution in [3.05, 3.63) is 11.0 Å². The van der Waals surface area contributed by atoms with Crippen LogP contribution in [0.2, 0.25) is 0 Å². The Hall–Kier alpha value is -0.430. The molecule has 3 rings (SSSR count). The van der Waals surface area contributed by atoms with E-state index in [1.165, 1.54) is 25.7 Å². The van der Waals surface area contributed by atoms with Crippen LogP contribution in [0.25, 0.3) is 0 Å². The molecule has 2 nitrogen and oxygen atoms in total. The van der Waals surface area contributed by atoms with Gasteiger partial charge in [0, 0.05) is 16.4 Å². The molecule has 0 aromatic carbocycles. The highest BCUT2D eigenvalue weighted by Gasteiger charge is 2.42. The van der Waals surface area contributed by atoms with Crippen molar-refractivity contribution in [2.45, 2.75) is 89.4 Å². The van der Waals surface area contributed by atoms with Crippen LogP contribution in [0.15, 0.2) is 11.0 Å². The summed E-state index contributed by atoms with van der Waals surface area (Å²) < 4.78 is 6.41. The monoisotopic (exact) mass is 333 g/mol. The van der Waals surface area contributed by atoms with E-state index in [0.29, 0.717) is 18.1 Å². The summed E-state index contributed by atoms with van der Waals surface area (Å²) in [6.07, 6.45) is 14.7. The van der Waals surface area contributed by atoms with Crippen LogP contribution in [0, 0.1) is 23.2 Å². The molecule has 0 aromatic heterocycles. The van der Waals surface area contributed by atoms with Crippen molar-refractivity contribution in [1.82, 2.24) is 0 Å². The Balaban J connectivity index is 1.71. The predicted molar refractivity (Wildman–Crippen MR) is 99.2 cm³/mol. The van der Waals surface area contributed by atoms with E-state index in [4.69, 9.17) is 23.1 Å². The van der Waals surface area contributed by atoms with Crippen LogP contribution in [0.5, 0.6) is 0 Å². The first kappa shape index (κ1) is 17.4. The van der Waals surface area contributed by atoms with E-state index >= 15 is 0 Å². The Bertz CT molecular complexity index is 490. The molecule has 0 radical (unpaired) electrons. The van der Waals surface area contributed by atoms with Gasteiger partial charge in [-0.25, -0.2) is 0 Å². The minimum Gasteiger partial charge on any atom is -0.370 e. The molecule has 0 heterocycles. The molecular weight excluding hydrogens is 302 g/mol. The van der Waals surface area contributed by atoms with Crippen molar-refractivity contribution >= 4 is 12.6 Å². The van der Waals surface area contributed by atoms with E-state index in [1.807, 2.05) is 6.92 Å². The van der Waals surface area contributed by atoms with E-state index < -0.39 is 0 Å². The highest BCUT2D eigenvalue weighted by atomic mass is 32.1. The molecular formula is C20H31NOS. The Kier molecular flexibility index (Phi) is 5.78. The topological polar surface area (TPSA) is 35.2 Å². The number of allylic oxidation sites excluding steroid dienone is 1. The maximum atomic E-state index is 6.41. The maximum absolute atomic E-state index is 6.41. The van der Waals surface area contributed by atoms with Crippen LogP contribution >= 0.6 is 12.6 Å². The van der Waals surface area contributed by atoms with Gasteiger partial charge in [0.2, 0.25) is 0 Å². The summed E-state index contributed by atoms with van der Waals surface area (Å²) in [5.74, 6) is 7.41. The Morgan fingerprint density at radius 3 is 2.57 bits per heavy atom. The van der Waals surface area contributed by atoms with E-state index in [-0.39, 0.29) is 11.5 Å². The van der Waals surface area contributed by atoms with Crippen LogP contribution in [-0.4, -0.2) is 18.2 Å². The fourth-order valence-electron chi connectivity index (χ4n) is 4.74. The molecule has 0 aliphatic heterocycles. The normalized spacial score (nSPS) is 38.7. The van der Waals surface area contributed by atoms with Crippen molar-refractivity contribution in [1.29, 1.82) is 0 Å². The van der Waals surface area contributed by atoms with Gasteiger partial charge in [0.15, 0.2) is 0 Å². The molecule has 23 heavy (non-hydrogen) atoms. The van der Waals surface area contributed by atoms with E-state index in [2.05, 4.69) is 17.9 Å². The van der Waals surface area contributed by atoms with Crippen molar-refractivity contribution in [2.75, 3.05) is 0 Å². The van der Waals surface area contributed by atoms with Crippen molar-refractivity contribution in [3.8, 4) is 11.8 Å². The third kappa shape index (κ3) is 3.98. The summed E-state index contributed by atoms with van der Waals surface area (Å²) in [6, 6.07) is 0.367. The van der Waals surface area contributed by atoms with E-state index in [1.54, 1.807) is 0 Å². The van der Waals surface area contributed by atoms with Crippen molar-refractivity contribution in [2.24, 2.45) is 17.1 Å². The summed E-state index contributed by atoms with van der Waals surface area (Å²) in [7, 11) is 0. The number of rotatable bonds is 3. The number of hydrogen-bond donors (Lipinski definition) is 2. The fourth-order valence-corrected chi connectivity index (χ4v) is 5.01. The molecule has 3 aliphatic rings. The number of ether oxygens (including phenoxy) is 1. The summed E-state index contributed by atoms with van der Waals surface area (Å²) >= 11 is 4.71. The highest BCUT2D eigenvalue weighted by molar-refractivity contribution is 7.84. The lowest BCUT2D eigenvalue weighted by atomic mass is 9.62. The van der Waals surface area contributed by atoms with Crippen molar-refractivity contribution < 1.29 is 4.74 Å². The van der Waals surface area contributed by atoms with Crippen LogP contribution < -0.4 is 5.73 Å². The average molecular weight is 334 g/mol. The second-order valence-corrected chi connectivity index (χ2v) is 8.21. The molecule has 2 unspecified atom stereocenters. The molecule has 0 spiro atoms. The van der Waals surface area contributed by atoms with Crippen molar-refractivity contribution in [3.63, 3.8) is 0 Å². The van der Waals surface area contributed by atoms with E-state index in [9.17, 15) is 0 Å². The van der Waals surface area contributed by atoms with Gasteiger partial charge in [-0.15, -0.1) is 18.5 Å². The number of thiol groups is 1. The summed E-state index contributed by atoms with van der Waals surface area (Å²) in [5.41, 5.74) is 6.29. The first-order valence-electron chi connectivity index (χ1n) is 9.37. The molecule has 2 saturated carbocycles. The van der Waals surface area contributed by atoms with Gasteiger partial charge < -0.3 is 10.5 Å². The Morgan fingerprint density at radius 1 is 1.22 bits per heavy atom. The zero-order valence-electron chi connectivity index (χ0n) is 14.4. The van der Waals surface area contributed by atoms with Gasteiger partial charge in [0.05, 0.1) is 12.2 Å². The SMILES string of the molecule is CC#CC1(C2CC=C(S)C(OC3CCCC3)C2)CCC(N)CC1. The lowest BCUT2D eigenvalue weighted by Gasteiger charge is -2.44. The predicted octanol–water partition coefficient (Wildman–Crippen LogP) is 4.45. The molecule has 2 N–H and O–H groups in total. The number of nitrogens with two attached hydrogens (primary N) is 1. The molecule has 3 heteroatoms. The van der Waals surface area contributed by atoms with Gasteiger partial charge >= 0.3 is 0 Å². The van der Waals surface area contributed by atoms with Crippen LogP contribution in [0.4, 0.5) is 0 Å². The lowest BCUT2D eigenvalue weighted by molar-refractivity contribution is -0.0134. The average Bonchev–Trinajstić information content (AvgIpc) is 3.05. The first-order chi connectivity index (χ1) is 11.1. The molecule has 0 saturated heterocycles. The molecule has 128 valence electrons. The van der Waals surface area contributed by atoms with Gasteiger partial charge in [-0.3, -0.25) is 0 Å². The molecule has 0 amide bonds. The van der Waals surface area contributed by atoms with Gasteiger partial charge in [-0.1, -0.05) is 24.8 Å². The van der Waals surface area contributed by atoms with Gasteiger partial charge in [0.25, 0.3) is 0 Å². The molecule has 3 aliphatic carbocycles. The smallest absolute Gasteiger partial charge is 0.0884 e. The van der Waals surface area contributed by atoms with Crippen LogP contribution in [0.1, 0.15) is 71.1 Å². The third-order valence-corrected chi connectivity index (χ3v) is 6.65. The molecule has 0 bridgehead atoms. The fraction of sp³-hybridized carbons (Fsp3) is 0.800.